The second-order valence-corrected chi connectivity index (χ2v) is 1.85. The molecule has 50 valence electrons. The van der Waals surface area contributed by atoms with Gasteiger partial charge in [-0.25, -0.2) is 0 Å². The van der Waals surface area contributed by atoms with Crippen LogP contribution in [0.1, 0.15) is 0 Å². The van der Waals surface area contributed by atoms with Gasteiger partial charge in [-0.3, -0.25) is 0 Å². The summed E-state index contributed by atoms with van der Waals surface area (Å²) in [6, 6.07) is 0. The number of hydrogen-bond acceptors (Lipinski definition) is 3. The lowest BCUT2D eigenvalue weighted by atomic mass is 9.76. The van der Waals surface area contributed by atoms with E-state index in [1.165, 1.54) is 12.2 Å². The third-order valence-corrected chi connectivity index (χ3v) is 1.14. The zero-order valence-electron chi connectivity index (χ0n) is 5.15. The molecule has 0 aliphatic heterocycles. The molecule has 3 nitrogen and oxygen atoms in total. The second-order valence-electron chi connectivity index (χ2n) is 1.85. The zero-order chi connectivity index (χ0) is 7.56. The molecule has 3 N–H and O–H groups in total. The Hall–Kier alpha value is -1.09. The van der Waals surface area contributed by atoms with E-state index in [9.17, 15) is 0 Å². The van der Waals surface area contributed by atoms with Gasteiger partial charge in [-0.2, -0.15) is 0 Å². The van der Waals surface area contributed by atoms with Crippen LogP contribution in [0.15, 0.2) is 29.5 Å². The van der Waals surface area contributed by atoms with E-state index in [4.69, 9.17) is 15.2 Å². The maximum Gasteiger partial charge on any atom is 0.573 e. The van der Waals surface area contributed by atoms with Crippen LogP contribution >= 0.6 is 0 Å². The summed E-state index contributed by atoms with van der Waals surface area (Å²) in [4.78, 5) is 0. The van der Waals surface area contributed by atoms with E-state index in [1.807, 2.05) is 0 Å². The lowest BCUT2D eigenvalue weighted by Gasteiger charge is -1.95. The van der Waals surface area contributed by atoms with Crippen molar-refractivity contribution in [1.82, 2.24) is 0 Å². The number of aliphatic hydroxyl groups is 1. The Kier molecular flexibility index (Phi) is 1.87. The van der Waals surface area contributed by atoms with Crippen LogP contribution in [0.5, 0.6) is 0 Å². The Balaban J connectivity index is 2.87. The van der Waals surface area contributed by atoms with E-state index in [0.29, 0.717) is 0 Å². The first kappa shape index (κ1) is 7.03. The van der Waals surface area contributed by atoms with Crippen LogP contribution in [-0.2, 0) is 0 Å². The van der Waals surface area contributed by atoms with Crippen molar-refractivity contribution in [2.45, 2.75) is 0 Å². The Morgan fingerprint density at radius 2 is 2.10 bits per heavy atom. The van der Waals surface area contributed by atoms with Crippen LogP contribution in [0.2, 0.25) is 0 Å². The molecule has 1 aliphatic rings. The monoisotopic (exact) mass is 137 g/mol. The van der Waals surface area contributed by atoms with Gasteiger partial charge in [0.25, 0.3) is 5.76 Å². The first-order chi connectivity index (χ1) is 4.72. The summed E-state index contributed by atoms with van der Waals surface area (Å²) in [6.45, 7) is 0. The normalized spacial score (nSPS) is 15.4. The van der Waals surface area contributed by atoms with Crippen molar-refractivity contribution in [3.63, 3.8) is 0 Å². The lowest BCUT2D eigenvalue weighted by molar-refractivity contribution is 0.391. The fourth-order valence-corrected chi connectivity index (χ4v) is 0.649. The summed E-state index contributed by atoms with van der Waals surface area (Å²) in [6.07, 6.45) is 6.88. The molecular formula is C6H6BO3+. The van der Waals surface area contributed by atoms with E-state index in [-0.39, 0.29) is 11.2 Å². The lowest BCUT2D eigenvalue weighted by Crippen LogP contribution is -2.17. The average Bonchev–Trinajstić information content (AvgIpc) is 1.88. The molecule has 0 unspecified atom stereocenters. The first-order valence-corrected chi connectivity index (χ1v) is 2.77. The maximum atomic E-state index is 8.91. The van der Waals surface area contributed by atoms with Gasteiger partial charge in [0.15, 0.2) is 0 Å². The van der Waals surface area contributed by atoms with Crippen LogP contribution in [0.25, 0.3) is 0 Å². The smallest absolute Gasteiger partial charge is 0.481 e. The van der Waals surface area contributed by atoms with Crippen LogP contribution in [0, 0.1) is 6.08 Å². The van der Waals surface area contributed by atoms with Crippen LogP contribution in [0.3, 0.4) is 0 Å². The van der Waals surface area contributed by atoms with Crippen LogP contribution < -0.4 is 0 Å². The largest absolute Gasteiger partial charge is 0.573 e. The number of hydrogen-bond donors (Lipinski definition) is 3. The van der Waals surface area contributed by atoms with Gasteiger partial charge in [0.1, 0.15) is 11.5 Å². The second kappa shape index (κ2) is 2.67. The molecule has 1 aliphatic carbocycles. The molecule has 0 heterocycles. The number of allylic oxidation sites excluding steroid dienone is 5. The van der Waals surface area contributed by atoms with E-state index < -0.39 is 7.12 Å². The summed E-state index contributed by atoms with van der Waals surface area (Å²) in [5.41, 5.74) is 0.0718. The van der Waals surface area contributed by atoms with E-state index in [1.54, 1.807) is 6.08 Å². The quantitative estimate of drug-likeness (QED) is 0.344. The molecular weight excluding hydrogens is 131 g/mol. The highest BCUT2D eigenvalue weighted by atomic mass is 16.4. The van der Waals surface area contributed by atoms with Gasteiger partial charge < -0.3 is 15.2 Å². The Morgan fingerprint density at radius 3 is 2.50 bits per heavy atom. The van der Waals surface area contributed by atoms with Crippen molar-refractivity contribution in [2.75, 3.05) is 0 Å². The van der Waals surface area contributed by atoms with Crippen molar-refractivity contribution in [1.29, 1.82) is 0 Å². The average molecular weight is 137 g/mol. The van der Waals surface area contributed by atoms with E-state index in [2.05, 4.69) is 6.08 Å². The maximum absolute atomic E-state index is 8.91. The van der Waals surface area contributed by atoms with E-state index >= 15 is 0 Å². The zero-order valence-corrected chi connectivity index (χ0v) is 5.15. The molecule has 0 saturated carbocycles. The van der Waals surface area contributed by atoms with E-state index in [0.717, 1.165) is 0 Å². The third-order valence-electron chi connectivity index (χ3n) is 1.14. The molecule has 10 heavy (non-hydrogen) atoms. The number of aliphatic hydroxyl groups excluding tert-OH is 1. The molecule has 0 aromatic rings. The first-order valence-electron chi connectivity index (χ1n) is 2.77. The van der Waals surface area contributed by atoms with Gasteiger partial charge in [-0.05, 0) is 0 Å². The molecule has 0 aromatic carbocycles. The summed E-state index contributed by atoms with van der Waals surface area (Å²) in [5, 5.41) is 26.1. The molecule has 0 aromatic heterocycles. The summed E-state index contributed by atoms with van der Waals surface area (Å²) >= 11 is 0. The summed E-state index contributed by atoms with van der Waals surface area (Å²) in [5.74, 6) is -0.225. The molecule has 1 rings (SSSR count). The SMILES string of the molecule is OB(O)C1=CC=C[C+]=C1O. The predicted molar refractivity (Wildman–Crippen MR) is 36.8 cm³/mol. The molecule has 4 heteroatoms. The van der Waals surface area contributed by atoms with Gasteiger partial charge in [-0.1, -0.05) is 0 Å². The van der Waals surface area contributed by atoms with Crippen molar-refractivity contribution < 1.29 is 15.2 Å². The van der Waals surface area contributed by atoms with Crippen molar-refractivity contribution in [2.24, 2.45) is 0 Å². The van der Waals surface area contributed by atoms with Crippen LogP contribution in [-0.4, -0.2) is 22.3 Å². The summed E-state index contributed by atoms with van der Waals surface area (Å²) < 4.78 is 0. The van der Waals surface area contributed by atoms with Gasteiger partial charge in [0.05, 0.1) is 6.08 Å². The Labute approximate surface area is 58.8 Å². The van der Waals surface area contributed by atoms with Crippen molar-refractivity contribution in [3.05, 3.63) is 35.5 Å². The fraction of sp³-hybridized carbons (Fsp3) is 0. The standard InChI is InChI=1S/C6H5BO3/c8-6-4-2-1-3-5(6)7(9)10/h1-3,9-10H/p+1. The molecule has 0 saturated heterocycles. The highest BCUT2D eigenvalue weighted by Gasteiger charge is 2.28. The minimum absolute atomic E-state index is 0.0718. The van der Waals surface area contributed by atoms with Crippen molar-refractivity contribution in [3.8, 4) is 0 Å². The van der Waals surface area contributed by atoms with Gasteiger partial charge >= 0.3 is 7.12 Å². The molecule has 0 spiro atoms. The minimum atomic E-state index is -1.63. The predicted octanol–water partition coefficient (Wildman–Crippen LogP) is -0.260. The third kappa shape index (κ3) is 1.25. The van der Waals surface area contributed by atoms with Gasteiger partial charge in [0, 0.05) is 12.2 Å². The highest BCUT2D eigenvalue weighted by molar-refractivity contribution is 6.52. The molecule has 0 atom stereocenters. The van der Waals surface area contributed by atoms with Gasteiger partial charge in [0.2, 0.25) is 0 Å². The van der Waals surface area contributed by atoms with Crippen molar-refractivity contribution >= 4 is 7.12 Å². The topological polar surface area (TPSA) is 60.7 Å². The molecule has 0 bridgehead atoms. The Morgan fingerprint density at radius 1 is 1.40 bits per heavy atom. The highest BCUT2D eigenvalue weighted by Crippen LogP contribution is 2.11. The van der Waals surface area contributed by atoms with Gasteiger partial charge in [-0.15, -0.1) is 0 Å². The fourth-order valence-electron chi connectivity index (χ4n) is 0.649. The number of rotatable bonds is 1. The minimum Gasteiger partial charge on any atom is -0.481 e. The van der Waals surface area contributed by atoms with Crippen LogP contribution in [0.4, 0.5) is 0 Å². The molecule has 0 amide bonds. The Bertz CT molecular complexity index is 215. The molecule has 0 fully saturated rings. The molecule has 0 radical (unpaired) electrons. The summed E-state index contributed by atoms with van der Waals surface area (Å²) in [7, 11) is -1.63.